The zero-order valence-corrected chi connectivity index (χ0v) is 20.6. The molecule has 1 amide bonds. The summed E-state index contributed by atoms with van der Waals surface area (Å²) in [6.07, 6.45) is 7.36. The van der Waals surface area contributed by atoms with Crippen molar-refractivity contribution in [3.8, 4) is 5.75 Å². The molecule has 1 aliphatic heterocycles. The van der Waals surface area contributed by atoms with Crippen molar-refractivity contribution in [2.75, 3.05) is 19.6 Å². The van der Waals surface area contributed by atoms with Crippen molar-refractivity contribution in [1.82, 2.24) is 4.90 Å². The molecule has 2 aromatic carbocycles. The molecule has 1 atom stereocenters. The number of aryl methyl sites for hydroxylation is 2. The molecule has 34 heavy (non-hydrogen) atoms. The highest BCUT2D eigenvalue weighted by Gasteiger charge is 2.18. The highest BCUT2D eigenvalue weighted by molar-refractivity contribution is 5.96. The normalized spacial score (nSPS) is 15.0. The number of amides is 1. The molecule has 0 bridgehead atoms. The van der Waals surface area contributed by atoms with Crippen LogP contribution in [0.5, 0.6) is 5.75 Å². The van der Waals surface area contributed by atoms with E-state index >= 15 is 0 Å². The molecule has 180 valence electrons. The van der Waals surface area contributed by atoms with Gasteiger partial charge < -0.3 is 4.90 Å². The fourth-order valence-corrected chi connectivity index (χ4v) is 4.46. The lowest BCUT2D eigenvalue weighted by atomic mass is 9.98. The minimum atomic E-state index is -0.105. The predicted octanol–water partition coefficient (Wildman–Crippen LogP) is 5.68. The van der Waals surface area contributed by atoms with Crippen molar-refractivity contribution in [2.24, 2.45) is 10.9 Å². The number of rotatable bonds is 12. The molecule has 0 saturated carbocycles. The number of aliphatic imine (C=N–C) groups is 1. The number of hydrogen-bond acceptors (Lipinski definition) is 3. The Kier molecular flexibility index (Phi) is 9.89. The number of likely N-dealkylation sites (tertiary alicyclic amines) is 1. The van der Waals surface area contributed by atoms with Gasteiger partial charge in [0.15, 0.2) is 5.78 Å². The molecule has 1 saturated heterocycles. The van der Waals surface area contributed by atoms with E-state index in [0.29, 0.717) is 25.7 Å². The van der Waals surface area contributed by atoms with E-state index in [4.69, 9.17) is 4.42 Å². The average molecular weight is 462 g/mol. The minimum Gasteiger partial charge on any atom is -0.303 e. The van der Waals surface area contributed by atoms with Crippen LogP contribution in [-0.4, -0.2) is 49.2 Å². The quantitative estimate of drug-likeness (QED) is 0.177. The fraction of sp³-hybridized carbons (Fsp3) is 0.448. The summed E-state index contributed by atoms with van der Waals surface area (Å²) in [6.45, 7) is 10.7. The van der Waals surface area contributed by atoms with Crippen molar-refractivity contribution >= 4 is 24.7 Å². The van der Waals surface area contributed by atoms with E-state index in [2.05, 4.69) is 28.8 Å². The van der Waals surface area contributed by atoms with Gasteiger partial charge in [-0.05, 0) is 76.7 Å². The molecule has 0 aliphatic carbocycles. The Labute approximate surface area is 203 Å². The maximum absolute atomic E-state index is 12.4. The second-order valence-corrected chi connectivity index (χ2v) is 9.38. The monoisotopic (exact) mass is 461 g/mol. The third-order valence-corrected chi connectivity index (χ3v) is 6.43. The van der Waals surface area contributed by atoms with Gasteiger partial charge in [-0.1, -0.05) is 29.8 Å². The molecular formula is C29H37N2O3+. The van der Waals surface area contributed by atoms with Crippen LogP contribution < -0.4 is 0 Å². The molecule has 1 fully saturated rings. The summed E-state index contributed by atoms with van der Waals surface area (Å²) in [4.78, 5) is 31.4. The molecule has 1 unspecified atom stereocenters. The summed E-state index contributed by atoms with van der Waals surface area (Å²) >= 11 is 0. The van der Waals surface area contributed by atoms with Crippen molar-refractivity contribution in [2.45, 2.75) is 58.8 Å². The molecule has 1 aliphatic rings. The van der Waals surface area contributed by atoms with Crippen LogP contribution in [0.2, 0.25) is 0 Å². The van der Waals surface area contributed by atoms with Crippen LogP contribution in [-0.2, 0) is 15.6 Å². The van der Waals surface area contributed by atoms with Gasteiger partial charge in [0.1, 0.15) is 0 Å². The summed E-state index contributed by atoms with van der Waals surface area (Å²) in [5.74, 6) is 0.985. The third kappa shape index (κ3) is 8.14. The third-order valence-electron chi connectivity index (χ3n) is 6.43. The average Bonchev–Trinajstić information content (AvgIpc) is 3.34. The van der Waals surface area contributed by atoms with Crippen LogP contribution in [0.15, 0.2) is 47.5 Å². The van der Waals surface area contributed by atoms with Gasteiger partial charge in [-0.2, -0.15) is 0 Å². The van der Waals surface area contributed by atoms with E-state index in [0.717, 1.165) is 48.5 Å². The Morgan fingerprint density at radius 2 is 1.76 bits per heavy atom. The van der Waals surface area contributed by atoms with Crippen LogP contribution in [0.4, 0.5) is 0 Å². The lowest BCUT2D eigenvalue weighted by Crippen LogP contribution is -2.29. The largest absolute Gasteiger partial charge is 0.354 e. The first kappa shape index (κ1) is 25.7. The maximum Gasteiger partial charge on any atom is 0.354 e. The zero-order valence-electron chi connectivity index (χ0n) is 20.6. The molecule has 0 aromatic heterocycles. The topological polar surface area (TPSA) is 61.0 Å². The van der Waals surface area contributed by atoms with E-state index < -0.39 is 0 Å². The first-order valence-electron chi connectivity index (χ1n) is 12.4. The number of nitrogens with zero attached hydrogens (tertiary/aromatic N) is 2. The highest BCUT2D eigenvalue weighted by atomic mass is 16.4. The van der Waals surface area contributed by atoms with E-state index in [9.17, 15) is 9.59 Å². The van der Waals surface area contributed by atoms with Gasteiger partial charge in [0, 0.05) is 43.1 Å². The summed E-state index contributed by atoms with van der Waals surface area (Å²) in [5.41, 5.74) is 4.14. The van der Waals surface area contributed by atoms with Gasteiger partial charge in [0.25, 0.3) is 6.79 Å². The molecule has 5 nitrogen and oxygen atoms in total. The molecule has 2 aromatic rings. The number of carbonyl (C=O) groups is 2. The summed E-state index contributed by atoms with van der Waals surface area (Å²) < 4.78 is 5.13. The van der Waals surface area contributed by atoms with Crippen molar-refractivity contribution in [3.05, 3.63) is 64.7 Å². The lowest BCUT2D eigenvalue weighted by molar-refractivity contribution is -0.355. The maximum atomic E-state index is 12.4. The number of hydrogen-bond donors (Lipinski definition) is 0. The summed E-state index contributed by atoms with van der Waals surface area (Å²) in [7, 11) is 0. The molecule has 5 heteroatoms. The second-order valence-electron chi connectivity index (χ2n) is 9.38. The highest BCUT2D eigenvalue weighted by Crippen LogP contribution is 2.21. The molecule has 0 radical (unpaired) electrons. The Balaban J connectivity index is 1.50. The van der Waals surface area contributed by atoms with Crippen molar-refractivity contribution in [3.63, 3.8) is 0 Å². The fourth-order valence-electron chi connectivity index (χ4n) is 4.46. The number of Topliss-reactive ketones (excluding diaryl/α,β-unsaturated/α-hetero) is 1. The first-order chi connectivity index (χ1) is 16.4. The Morgan fingerprint density at radius 3 is 2.44 bits per heavy atom. The SMILES string of the molecule is C=[O+]c1ccc(CC(C=NC(=O)CCCCC(=O)c2ccc(C)cc2)CN2CCCC2)cc1C. The number of carbonyl (C=O) groups excluding carboxylic acids is 3. The minimum absolute atomic E-state index is 0.105. The van der Waals surface area contributed by atoms with Crippen LogP contribution in [0, 0.1) is 19.8 Å². The molecule has 0 spiro atoms. The van der Waals surface area contributed by atoms with Gasteiger partial charge in [-0.15, -0.1) is 0 Å². The van der Waals surface area contributed by atoms with Crippen molar-refractivity contribution < 1.29 is 14.0 Å². The Morgan fingerprint density at radius 1 is 1.06 bits per heavy atom. The van der Waals surface area contributed by atoms with Gasteiger partial charge in [-0.25, -0.2) is 9.42 Å². The molecule has 1 heterocycles. The summed E-state index contributed by atoms with van der Waals surface area (Å²) in [6, 6.07) is 13.8. The predicted molar refractivity (Wildman–Crippen MR) is 138 cm³/mol. The van der Waals surface area contributed by atoms with E-state index in [1.165, 1.54) is 18.4 Å². The van der Waals surface area contributed by atoms with Crippen LogP contribution in [0.3, 0.4) is 0 Å². The lowest BCUT2D eigenvalue weighted by Gasteiger charge is -2.20. The molecule has 3 rings (SSSR count). The molecular weight excluding hydrogens is 424 g/mol. The van der Waals surface area contributed by atoms with Crippen LogP contribution in [0.25, 0.3) is 0 Å². The van der Waals surface area contributed by atoms with Crippen molar-refractivity contribution in [1.29, 1.82) is 0 Å². The van der Waals surface area contributed by atoms with Gasteiger partial charge in [0.05, 0.1) is 5.56 Å². The number of unbranched alkanes of at least 4 members (excludes halogenated alkanes) is 1. The zero-order chi connectivity index (χ0) is 24.3. The standard InChI is InChI=1S/C29H37N2O3/c1-22-10-13-26(14-11-22)27(32)8-4-5-9-29(33)30-20-25(21-31-16-6-7-17-31)19-24-12-15-28(34-3)23(2)18-24/h10-15,18,20,25H,3-9,16-17,19,21H2,1-2H3/q+1. The summed E-state index contributed by atoms with van der Waals surface area (Å²) in [5, 5.41) is 0. The smallest absolute Gasteiger partial charge is 0.303 e. The first-order valence-corrected chi connectivity index (χ1v) is 12.4. The van der Waals surface area contributed by atoms with E-state index in [1.54, 1.807) is 0 Å². The van der Waals surface area contributed by atoms with Crippen LogP contribution in [0.1, 0.15) is 65.6 Å². The van der Waals surface area contributed by atoms with Gasteiger partial charge in [0.2, 0.25) is 5.91 Å². The number of ketones is 1. The Bertz CT molecular complexity index is 1000. The van der Waals surface area contributed by atoms with Crippen LogP contribution >= 0.6 is 0 Å². The van der Waals surface area contributed by atoms with E-state index in [-0.39, 0.29) is 17.6 Å². The second kappa shape index (κ2) is 13.1. The van der Waals surface area contributed by atoms with E-state index in [1.807, 2.05) is 50.4 Å². The van der Waals surface area contributed by atoms with Gasteiger partial charge >= 0.3 is 5.75 Å². The molecule has 0 N–H and O–H groups in total. The van der Waals surface area contributed by atoms with Gasteiger partial charge in [-0.3, -0.25) is 9.59 Å². The number of benzene rings is 2. The Hall–Kier alpha value is -2.92.